The molecule has 2 N–H and O–H groups in total. The quantitative estimate of drug-likeness (QED) is 0.375. The lowest BCUT2D eigenvalue weighted by atomic mass is 10.1. The highest BCUT2D eigenvalue weighted by atomic mass is 16.6. The van der Waals surface area contributed by atoms with Crippen LogP contribution in [-0.4, -0.2) is 34.8 Å². The van der Waals surface area contributed by atoms with E-state index >= 15 is 0 Å². The van der Waals surface area contributed by atoms with E-state index in [0.29, 0.717) is 11.1 Å². The zero-order valence-electron chi connectivity index (χ0n) is 14.6. The average Bonchev–Trinajstić information content (AvgIpc) is 3.21. The van der Waals surface area contributed by atoms with Gasteiger partial charge in [-0.15, -0.1) is 0 Å². The number of hydrogen-bond acceptors (Lipinski definition) is 6. The average molecular weight is 369 g/mol. The van der Waals surface area contributed by atoms with Gasteiger partial charge in [-0.2, -0.15) is 0 Å². The van der Waals surface area contributed by atoms with E-state index < -0.39 is 10.9 Å². The summed E-state index contributed by atoms with van der Waals surface area (Å²) >= 11 is 0. The molecular weight excluding hydrogens is 350 g/mol. The minimum absolute atomic E-state index is 0.000383. The van der Waals surface area contributed by atoms with Gasteiger partial charge in [-0.3, -0.25) is 14.9 Å². The molecule has 1 amide bonds. The van der Waals surface area contributed by atoms with Gasteiger partial charge in [0, 0.05) is 36.5 Å². The number of rotatable bonds is 5. The highest BCUT2D eigenvalue weighted by Crippen LogP contribution is 2.21. The Kier molecular flexibility index (Phi) is 5.35. The largest absolute Gasteiger partial charge is 0.457 e. The highest BCUT2D eigenvalue weighted by molar-refractivity contribution is 5.96. The minimum atomic E-state index is -0.742. The summed E-state index contributed by atoms with van der Waals surface area (Å²) in [6.07, 6.45) is 2.06. The van der Waals surface area contributed by atoms with Gasteiger partial charge in [-0.25, -0.2) is 4.79 Å². The standard InChI is InChI=1S/C19H19N3O5/c20-17-8-7-15(22(25)26)11-16(17)19(24)27-12-13-3-5-14(6-4-13)18(23)21-9-1-2-10-21/h3-8,11H,1-2,9-10,12,20H2. The third-order valence-corrected chi connectivity index (χ3v) is 4.43. The Hall–Kier alpha value is -3.42. The smallest absolute Gasteiger partial charge is 0.340 e. The zero-order chi connectivity index (χ0) is 19.4. The van der Waals surface area contributed by atoms with E-state index in [2.05, 4.69) is 0 Å². The molecule has 0 atom stereocenters. The van der Waals surface area contributed by atoms with Crippen molar-refractivity contribution in [2.75, 3.05) is 18.8 Å². The molecule has 1 aliphatic heterocycles. The number of likely N-dealkylation sites (tertiary alicyclic amines) is 1. The van der Waals surface area contributed by atoms with Gasteiger partial charge in [0.25, 0.3) is 11.6 Å². The SMILES string of the molecule is Nc1ccc([N+](=O)[O-])cc1C(=O)OCc1ccc(C(=O)N2CCCC2)cc1. The molecule has 0 spiro atoms. The van der Waals surface area contributed by atoms with Crippen LogP contribution < -0.4 is 5.73 Å². The number of ether oxygens (including phenoxy) is 1. The Labute approximate surface area is 155 Å². The van der Waals surface area contributed by atoms with Crippen LogP contribution in [-0.2, 0) is 11.3 Å². The van der Waals surface area contributed by atoms with Gasteiger partial charge < -0.3 is 15.4 Å². The van der Waals surface area contributed by atoms with Crippen LogP contribution in [0.25, 0.3) is 0 Å². The van der Waals surface area contributed by atoms with Crippen LogP contribution in [0.4, 0.5) is 11.4 Å². The van der Waals surface area contributed by atoms with E-state index in [1.54, 1.807) is 24.3 Å². The summed E-state index contributed by atoms with van der Waals surface area (Å²) in [6, 6.07) is 10.4. The van der Waals surface area contributed by atoms with Crippen molar-refractivity contribution >= 4 is 23.3 Å². The number of nitrogen functional groups attached to an aromatic ring is 1. The maximum absolute atomic E-state index is 12.3. The van der Waals surface area contributed by atoms with Crippen LogP contribution in [0.2, 0.25) is 0 Å². The zero-order valence-corrected chi connectivity index (χ0v) is 14.6. The second-order valence-corrected chi connectivity index (χ2v) is 6.30. The second kappa shape index (κ2) is 7.86. The summed E-state index contributed by atoms with van der Waals surface area (Å²) in [5.74, 6) is -0.742. The first-order valence-corrected chi connectivity index (χ1v) is 8.55. The summed E-state index contributed by atoms with van der Waals surface area (Å²) in [4.78, 5) is 36.5. The maximum Gasteiger partial charge on any atom is 0.340 e. The molecule has 8 nitrogen and oxygen atoms in total. The molecule has 0 radical (unpaired) electrons. The molecule has 8 heteroatoms. The van der Waals surface area contributed by atoms with Crippen molar-refractivity contribution in [3.05, 3.63) is 69.3 Å². The molecule has 2 aromatic rings. The molecule has 0 aliphatic carbocycles. The number of carbonyl (C=O) groups is 2. The van der Waals surface area contributed by atoms with Crippen molar-refractivity contribution in [3.8, 4) is 0 Å². The highest BCUT2D eigenvalue weighted by Gasteiger charge is 2.20. The van der Waals surface area contributed by atoms with Crippen molar-refractivity contribution < 1.29 is 19.2 Å². The first-order chi connectivity index (χ1) is 13.0. The number of amides is 1. The number of nitrogens with two attached hydrogens (primary N) is 1. The Morgan fingerprint density at radius 1 is 1.11 bits per heavy atom. The van der Waals surface area contributed by atoms with Gasteiger partial charge in [0.15, 0.2) is 0 Å². The number of nitro benzene ring substituents is 1. The van der Waals surface area contributed by atoms with Crippen LogP contribution in [0.3, 0.4) is 0 Å². The molecule has 2 aromatic carbocycles. The van der Waals surface area contributed by atoms with Gasteiger partial charge in [-0.05, 0) is 36.6 Å². The van der Waals surface area contributed by atoms with Crippen molar-refractivity contribution in [3.63, 3.8) is 0 Å². The third kappa shape index (κ3) is 4.22. The number of benzene rings is 2. The number of non-ortho nitro benzene ring substituents is 1. The maximum atomic E-state index is 12.3. The van der Waals surface area contributed by atoms with Crippen molar-refractivity contribution in [1.29, 1.82) is 0 Å². The molecular formula is C19H19N3O5. The fourth-order valence-corrected chi connectivity index (χ4v) is 2.91. The number of carbonyl (C=O) groups excluding carboxylic acids is 2. The third-order valence-electron chi connectivity index (χ3n) is 4.43. The molecule has 1 saturated heterocycles. The van der Waals surface area contributed by atoms with Crippen LogP contribution in [0.1, 0.15) is 39.1 Å². The van der Waals surface area contributed by atoms with E-state index in [4.69, 9.17) is 10.5 Å². The summed E-state index contributed by atoms with van der Waals surface area (Å²) in [5, 5.41) is 10.8. The van der Waals surface area contributed by atoms with Gasteiger partial charge in [-0.1, -0.05) is 12.1 Å². The van der Waals surface area contributed by atoms with E-state index in [0.717, 1.165) is 32.0 Å². The normalized spacial score (nSPS) is 13.4. The number of nitro groups is 1. The molecule has 0 aromatic heterocycles. The Morgan fingerprint density at radius 3 is 2.41 bits per heavy atom. The molecule has 1 heterocycles. The lowest BCUT2D eigenvalue weighted by Gasteiger charge is -2.15. The molecule has 0 unspecified atom stereocenters. The molecule has 3 rings (SSSR count). The lowest BCUT2D eigenvalue weighted by Crippen LogP contribution is -2.27. The number of hydrogen-bond donors (Lipinski definition) is 1. The topological polar surface area (TPSA) is 116 Å². The molecule has 27 heavy (non-hydrogen) atoms. The summed E-state index contributed by atoms with van der Waals surface area (Å²) in [5.41, 5.74) is 6.82. The van der Waals surface area contributed by atoms with Gasteiger partial charge >= 0.3 is 5.97 Å². The fraction of sp³-hybridized carbons (Fsp3) is 0.263. The molecule has 1 fully saturated rings. The van der Waals surface area contributed by atoms with E-state index in [1.807, 2.05) is 4.90 Å². The molecule has 1 aliphatic rings. The van der Waals surface area contributed by atoms with Crippen molar-refractivity contribution in [2.45, 2.75) is 19.4 Å². The van der Waals surface area contributed by atoms with Crippen LogP contribution in [0.5, 0.6) is 0 Å². The lowest BCUT2D eigenvalue weighted by molar-refractivity contribution is -0.384. The van der Waals surface area contributed by atoms with E-state index in [9.17, 15) is 19.7 Å². The van der Waals surface area contributed by atoms with Gasteiger partial charge in [0.1, 0.15) is 6.61 Å². The summed E-state index contributed by atoms with van der Waals surface area (Å²) in [7, 11) is 0. The van der Waals surface area contributed by atoms with Crippen LogP contribution in [0.15, 0.2) is 42.5 Å². The predicted molar refractivity (Wildman–Crippen MR) is 98.2 cm³/mol. The monoisotopic (exact) mass is 369 g/mol. The molecule has 140 valence electrons. The second-order valence-electron chi connectivity index (χ2n) is 6.30. The van der Waals surface area contributed by atoms with E-state index in [1.165, 1.54) is 12.1 Å². The molecule has 0 bridgehead atoms. The number of anilines is 1. The first kappa shape index (κ1) is 18.4. The number of esters is 1. The summed E-state index contributed by atoms with van der Waals surface area (Å²) in [6.45, 7) is 1.53. The minimum Gasteiger partial charge on any atom is -0.457 e. The van der Waals surface area contributed by atoms with Crippen molar-refractivity contribution in [2.24, 2.45) is 0 Å². The van der Waals surface area contributed by atoms with Crippen LogP contribution >= 0.6 is 0 Å². The van der Waals surface area contributed by atoms with E-state index in [-0.39, 0.29) is 29.5 Å². The van der Waals surface area contributed by atoms with Crippen molar-refractivity contribution in [1.82, 2.24) is 4.90 Å². The van der Waals surface area contributed by atoms with Crippen LogP contribution in [0, 0.1) is 10.1 Å². The Morgan fingerprint density at radius 2 is 1.78 bits per heavy atom. The fourth-order valence-electron chi connectivity index (χ4n) is 2.91. The Bertz CT molecular complexity index is 873. The predicted octanol–water partition coefficient (Wildman–Crippen LogP) is 2.77. The van der Waals surface area contributed by atoms with Gasteiger partial charge in [0.05, 0.1) is 10.5 Å². The Balaban J connectivity index is 1.63. The first-order valence-electron chi connectivity index (χ1n) is 8.55. The summed E-state index contributed by atoms with van der Waals surface area (Å²) < 4.78 is 5.19. The molecule has 0 saturated carbocycles. The number of nitrogens with zero attached hydrogens (tertiary/aromatic N) is 2. The van der Waals surface area contributed by atoms with Gasteiger partial charge in [0.2, 0.25) is 0 Å².